The first-order valence-corrected chi connectivity index (χ1v) is 8.65. The van der Waals surface area contributed by atoms with Crippen LogP contribution in [0.15, 0.2) is 6.20 Å². The fourth-order valence-electron chi connectivity index (χ4n) is 3.37. The van der Waals surface area contributed by atoms with Gasteiger partial charge in [-0.2, -0.15) is 4.98 Å². The molecule has 0 spiro atoms. The number of hydrogen-bond acceptors (Lipinski definition) is 6. The molecule has 2 aliphatic rings. The van der Waals surface area contributed by atoms with Crippen LogP contribution in [0.5, 0.6) is 0 Å². The van der Waals surface area contributed by atoms with E-state index in [0.717, 1.165) is 25.7 Å². The molecule has 0 bridgehead atoms. The quantitative estimate of drug-likeness (QED) is 0.634. The van der Waals surface area contributed by atoms with Gasteiger partial charge in [0.05, 0.1) is 23.9 Å². The summed E-state index contributed by atoms with van der Waals surface area (Å²) in [6.45, 7) is 2.84. The summed E-state index contributed by atoms with van der Waals surface area (Å²) in [5.41, 5.74) is 6.18. The summed E-state index contributed by atoms with van der Waals surface area (Å²) in [5, 5.41) is 0.179. The predicted molar refractivity (Wildman–Crippen MR) is 89.4 cm³/mol. The minimum Gasteiger partial charge on any atom is -0.466 e. The largest absolute Gasteiger partial charge is 0.466 e. The second-order valence-corrected chi connectivity index (χ2v) is 6.82. The Kier molecular flexibility index (Phi) is 4.62. The van der Waals surface area contributed by atoms with Crippen LogP contribution in [0.4, 0.5) is 11.5 Å². The number of rotatable bonds is 6. The van der Waals surface area contributed by atoms with Gasteiger partial charge >= 0.3 is 5.97 Å². The average molecular weight is 339 g/mol. The Balaban J connectivity index is 1.87. The summed E-state index contributed by atoms with van der Waals surface area (Å²) >= 11 is 5.97. The Morgan fingerprint density at radius 2 is 2.17 bits per heavy atom. The molecule has 0 unspecified atom stereocenters. The fraction of sp³-hybridized carbons (Fsp3) is 0.688. The van der Waals surface area contributed by atoms with Gasteiger partial charge in [0.15, 0.2) is 5.82 Å². The smallest absolute Gasteiger partial charge is 0.313 e. The number of esters is 1. The molecular weight excluding hydrogens is 316 g/mol. The maximum absolute atomic E-state index is 12.3. The summed E-state index contributed by atoms with van der Waals surface area (Å²) < 4.78 is 5.27. The highest BCUT2D eigenvalue weighted by molar-refractivity contribution is 6.28. The molecule has 2 saturated carbocycles. The number of aromatic nitrogens is 2. The van der Waals surface area contributed by atoms with Crippen molar-refractivity contribution in [2.75, 3.05) is 23.8 Å². The summed E-state index contributed by atoms with van der Waals surface area (Å²) in [6, 6.07) is 0.343. The summed E-state index contributed by atoms with van der Waals surface area (Å²) in [6.07, 6.45) is 7.79. The van der Waals surface area contributed by atoms with Gasteiger partial charge in [0.1, 0.15) is 0 Å². The highest BCUT2D eigenvalue weighted by Gasteiger charge is 2.53. The molecule has 1 aromatic heterocycles. The molecule has 1 aromatic rings. The van der Waals surface area contributed by atoms with E-state index in [2.05, 4.69) is 14.9 Å². The van der Waals surface area contributed by atoms with Crippen LogP contribution in [0.25, 0.3) is 0 Å². The standard InChI is InChI=1S/C16H23ClN4O2/c1-2-23-14(22)16(7-8-16)10-21(11-5-3-4-6-11)13-12(18)9-19-15(17)20-13/h9,11H,2-8,10,18H2,1H3. The number of halogens is 1. The number of nitrogens with two attached hydrogens (primary N) is 1. The van der Waals surface area contributed by atoms with Crippen molar-refractivity contribution in [3.63, 3.8) is 0 Å². The Labute approximate surface area is 141 Å². The number of anilines is 2. The molecule has 0 atom stereocenters. The molecule has 1 heterocycles. The van der Waals surface area contributed by atoms with Crippen molar-refractivity contribution in [1.82, 2.24) is 9.97 Å². The molecule has 126 valence electrons. The van der Waals surface area contributed by atoms with Gasteiger partial charge < -0.3 is 15.4 Å². The van der Waals surface area contributed by atoms with Crippen LogP contribution in [0.3, 0.4) is 0 Å². The van der Waals surface area contributed by atoms with E-state index in [1.807, 2.05) is 6.92 Å². The van der Waals surface area contributed by atoms with E-state index in [1.165, 1.54) is 19.0 Å². The molecule has 0 amide bonds. The van der Waals surface area contributed by atoms with Crippen molar-refractivity contribution in [3.8, 4) is 0 Å². The van der Waals surface area contributed by atoms with Crippen LogP contribution in [-0.4, -0.2) is 35.1 Å². The lowest BCUT2D eigenvalue weighted by Crippen LogP contribution is -2.42. The normalized spacial score (nSPS) is 19.6. The molecule has 7 heteroatoms. The van der Waals surface area contributed by atoms with Crippen molar-refractivity contribution in [3.05, 3.63) is 11.5 Å². The first-order chi connectivity index (χ1) is 11.1. The number of nitrogen functional groups attached to an aromatic ring is 1. The molecule has 0 radical (unpaired) electrons. The van der Waals surface area contributed by atoms with Gasteiger partial charge in [0.25, 0.3) is 0 Å². The van der Waals surface area contributed by atoms with Gasteiger partial charge in [-0.3, -0.25) is 4.79 Å². The lowest BCUT2D eigenvalue weighted by atomic mass is 10.0. The molecule has 6 nitrogen and oxygen atoms in total. The van der Waals surface area contributed by atoms with E-state index < -0.39 is 5.41 Å². The van der Waals surface area contributed by atoms with Crippen LogP contribution < -0.4 is 10.6 Å². The first-order valence-electron chi connectivity index (χ1n) is 8.27. The highest BCUT2D eigenvalue weighted by atomic mass is 35.5. The second-order valence-electron chi connectivity index (χ2n) is 6.48. The first kappa shape index (κ1) is 16.3. The molecule has 0 aromatic carbocycles. The second kappa shape index (κ2) is 6.51. The third-order valence-corrected chi connectivity index (χ3v) is 5.02. The van der Waals surface area contributed by atoms with Crippen LogP contribution in [0, 0.1) is 5.41 Å². The highest BCUT2D eigenvalue weighted by Crippen LogP contribution is 2.49. The lowest BCUT2D eigenvalue weighted by Gasteiger charge is -2.33. The van der Waals surface area contributed by atoms with Crippen molar-refractivity contribution in [2.45, 2.75) is 51.5 Å². The van der Waals surface area contributed by atoms with E-state index in [9.17, 15) is 4.79 Å². The van der Waals surface area contributed by atoms with Crippen LogP contribution in [0.2, 0.25) is 5.28 Å². The van der Waals surface area contributed by atoms with E-state index in [0.29, 0.717) is 30.7 Å². The Morgan fingerprint density at radius 1 is 1.48 bits per heavy atom. The maximum atomic E-state index is 12.3. The predicted octanol–water partition coefficient (Wildman–Crippen LogP) is 2.80. The van der Waals surface area contributed by atoms with Gasteiger partial charge in [-0.05, 0) is 44.2 Å². The van der Waals surface area contributed by atoms with Crippen LogP contribution in [0.1, 0.15) is 45.4 Å². The Morgan fingerprint density at radius 3 is 2.78 bits per heavy atom. The van der Waals surface area contributed by atoms with Crippen molar-refractivity contribution < 1.29 is 9.53 Å². The lowest BCUT2D eigenvalue weighted by molar-refractivity contribution is -0.149. The average Bonchev–Trinajstić information content (AvgIpc) is 3.12. The third-order valence-electron chi connectivity index (χ3n) is 4.84. The zero-order valence-corrected chi connectivity index (χ0v) is 14.2. The molecule has 23 heavy (non-hydrogen) atoms. The third kappa shape index (κ3) is 3.37. The molecule has 2 fully saturated rings. The fourth-order valence-corrected chi connectivity index (χ4v) is 3.50. The number of ether oxygens (including phenoxy) is 1. The Hall–Kier alpha value is -1.56. The number of hydrogen-bond donors (Lipinski definition) is 1. The summed E-state index contributed by atoms with van der Waals surface area (Å²) in [4.78, 5) is 22.8. The van der Waals surface area contributed by atoms with Crippen LogP contribution >= 0.6 is 11.6 Å². The van der Waals surface area contributed by atoms with Gasteiger partial charge in [-0.15, -0.1) is 0 Å². The number of carbonyl (C=O) groups is 1. The maximum Gasteiger partial charge on any atom is 0.313 e. The Bertz CT molecular complexity index is 585. The molecule has 2 N–H and O–H groups in total. The molecular formula is C16H23ClN4O2. The summed E-state index contributed by atoms with van der Waals surface area (Å²) in [7, 11) is 0. The van der Waals surface area contributed by atoms with Crippen LogP contribution in [-0.2, 0) is 9.53 Å². The van der Waals surface area contributed by atoms with Crippen molar-refractivity contribution in [2.24, 2.45) is 5.41 Å². The molecule has 2 aliphatic carbocycles. The van der Waals surface area contributed by atoms with E-state index in [4.69, 9.17) is 22.1 Å². The molecule has 0 saturated heterocycles. The van der Waals surface area contributed by atoms with Gasteiger partial charge in [0, 0.05) is 12.6 Å². The van der Waals surface area contributed by atoms with E-state index >= 15 is 0 Å². The van der Waals surface area contributed by atoms with E-state index in [-0.39, 0.29) is 11.3 Å². The molecule has 3 rings (SSSR count). The van der Waals surface area contributed by atoms with E-state index in [1.54, 1.807) is 0 Å². The monoisotopic (exact) mass is 338 g/mol. The minimum absolute atomic E-state index is 0.110. The van der Waals surface area contributed by atoms with Crippen molar-refractivity contribution in [1.29, 1.82) is 0 Å². The van der Waals surface area contributed by atoms with Gasteiger partial charge in [-0.25, -0.2) is 4.98 Å². The van der Waals surface area contributed by atoms with Gasteiger partial charge in [0.2, 0.25) is 5.28 Å². The molecule has 0 aliphatic heterocycles. The topological polar surface area (TPSA) is 81.3 Å². The SMILES string of the molecule is CCOC(=O)C1(CN(c2nc(Cl)ncc2N)C2CCCC2)CC1. The number of carbonyl (C=O) groups excluding carboxylic acids is 1. The zero-order chi connectivity index (χ0) is 16.4. The summed E-state index contributed by atoms with van der Waals surface area (Å²) in [5.74, 6) is 0.536. The minimum atomic E-state index is -0.414. The van der Waals surface area contributed by atoms with Gasteiger partial charge in [-0.1, -0.05) is 12.8 Å². The zero-order valence-electron chi connectivity index (χ0n) is 13.4. The van der Waals surface area contributed by atoms with Crippen molar-refractivity contribution >= 4 is 29.1 Å². The number of nitrogens with zero attached hydrogens (tertiary/aromatic N) is 3.